The van der Waals surface area contributed by atoms with Crippen molar-refractivity contribution in [3.05, 3.63) is 58.1 Å². The van der Waals surface area contributed by atoms with Crippen LogP contribution in [0.5, 0.6) is 5.75 Å². The first kappa shape index (κ1) is 20.4. The SMILES string of the molecule is Cc1cc(O[C@H](C)C(=O)NNC(=O)Nc2ccc(F)cc2F)cc(C)c1Cl. The van der Waals surface area contributed by atoms with Gasteiger partial charge in [0.05, 0.1) is 5.69 Å². The molecule has 27 heavy (non-hydrogen) atoms. The van der Waals surface area contributed by atoms with Crippen molar-refractivity contribution in [2.75, 3.05) is 5.32 Å². The fourth-order valence-corrected chi connectivity index (χ4v) is 2.31. The van der Waals surface area contributed by atoms with E-state index in [0.717, 1.165) is 23.3 Å². The zero-order chi connectivity index (χ0) is 20.1. The van der Waals surface area contributed by atoms with Crippen LogP contribution in [0.3, 0.4) is 0 Å². The minimum absolute atomic E-state index is 0.237. The summed E-state index contributed by atoms with van der Waals surface area (Å²) >= 11 is 6.08. The number of carbonyl (C=O) groups excluding carboxylic acids is 2. The van der Waals surface area contributed by atoms with Gasteiger partial charge in [-0.3, -0.25) is 10.2 Å². The Morgan fingerprint density at radius 3 is 2.30 bits per heavy atom. The maximum atomic E-state index is 13.5. The van der Waals surface area contributed by atoms with E-state index in [0.29, 0.717) is 16.8 Å². The predicted molar refractivity (Wildman–Crippen MR) is 97.7 cm³/mol. The molecule has 0 unspecified atom stereocenters. The molecule has 3 amide bonds. The first-order valence-electron chi connectivity index (χ1n) is 7.92. The van der Waals surface area contributed by atoms with Crippen LogP contribution in [0.2, 0.25) is 5.02 Å². The van der Waals surface area contributed by atoms with Crippen molar-refractivity contribution in [1.29, 1.82) is 0 Å². The largest absolute Gasteiger partial charge is 0.481 e. The molecule has 0 heterocycles. The summed E-state index contributed by atoms with van der Waals surface area (Å²) in [7, 11) is 0. The lowest BCUT2D eigenvalue weighted by Gasteiger charge is -2.16. The average molecular weight is 398 g/mol. The lowest BCUT2D eigenvalue weighted by Crippen LogP contribution is -2.48. The van der Waals surface area contributed by atoms with Gasteiger partial charge in [0.25, 0.3) is 5.91 Å². The molecule has 0 aliphatic carbocycles. The van der Waals surface area contributed by atoms with Crippen LogP contribution < -0.4 is 20.9 Å². The number of urea groups is 1. The molecule has 0 radical (unpaired) electrons. The van der Waals surface area contributed by atoms with Gasteiger partial charge in [-0.05, 0) is 56.2 Å². The zero-order valence-electron chi connectivity index (χ0n) is 14.8. The van der Waals surface area contributed by atoms with Crippen LogP contribution in [-0.2, 0) is 4.79 Å². The standard InChI is InChI=1S/C18H18ClF2N3O3/c1-9-6-13(7-10(2)16(9)19)27-11(3)17(25)23-24-18(26)22-15-5-4-12(20)8-14(15)21/h4-8,11H,1-3H3,(H,23,25)(H2,22,24,26)/t11-/m1/s1. The van der Waals surface area contributed by atoms with Gasteiger partial charge in [0.2, 0.25) is 0 Å². The zero-order valence-corrected chi connectivity index (χ0v) is 15.6. The molecule has 2 rings (SSSR count). The molecular formula is C18H18ClF2N3O3. The highest BCUT2D eigenvalue weighted by Gasteiger charge is 2.17. The Hall–Kier alpha value is -2.87. The van der Waals surface area contributed by atoms with Crippen molar-refractivity contribution < 1.29 is 23.1 Å². The van der Waals surface area contributed by atoms with E-state index in [1.165, 1.54) is 6.92 Å². The smallest absolute Gasteiger partial charge is 0.338 e. The number of hydrogen-bond donors (Lipinski definition) is 3. The first-order chi connectivity index (χ1) is 12.7. The number of benzene rings is 2. The summed E-state index contributed by atoms with van der Waals surface area (Å²) in [5.74, 6) is -1.89. The number of nitrogens with one attached hydrogen (secondary N) is 3. The second kappa shape index (κ2) is 8.68. The van der Waals surface area contributed by atoms with Crippen LogP contribution in [0.25, 0.3) is 0 Å². The normalized spacial score (nSPS) is 11.5. The van der Waals surface area contributed by atoms with Gasteiger partial charge < -0.3 is 10.1 Å². The second-order valence-corrected chi connectivity index (χ2v) is 6.20. The Labute approximate surface area is 159 Å². The van der Waals surface area contributed by atoms with Crippen molar-refractivity contribution in [2.45, 2.75) is 26.9 Å². The lowest BCUT2D eigenvalue weighted by atomic mass is 10.1. The van der Waals surface area contributed by atoms with Gasteiger partial charge >= 0.3 is 6.03 Å². The summed E-state index contributed by atoms with van der Waals surface area (Å²) in [6, 6.07) is 5.15. The molecule has 0 saturated heterocycles. The Morgan fingerprint density at radius 1 is 1.07 bits per heavy atom. The second-order valence-electron chi connectivity index (χ2n) is 5.82. The molecule has 0 aliphatic rings. The van der Waals surface area contributed by atoms with Crippen LogP contribution in [-0.4, -0.2) is 18.0 Å². The highest BCUT2D eigenvalue weighted by molar-refractivity contribution is 6.32. The highest BCUT2D eigenvalue weighted by atomic mass is 35.5. The van der Waals surface area contributed by atoms with E-state index >= 15 is 0 Å². The van der Waals surface area contributed by atoms with E-state index in [4.69, 9.17) is 16.3 Å². The minimum Gasteiger partial charge on any atom is -0.481 e. The maximum absolute atomic E-state index is 13.5. The molecule has 1 atom stereocenters. The van der Waals surface area contributed by atoms with Crippen molar-refractivity contribution >= 4 is 29.2 Å². The fourth-order valence-electron chi connectivity index (χ4n) is 2.20. The summed E-state index contributed by atoms with van der Waals surface area (Å²) in [6.07, 6.45) is -0.923. The molecule has 0 aliphatic heterocycles. The molecular weight excluding hydrogens is 380 g/mol. The van der Waals surface area contributed by atoms with Gasteiger partial charge in [-0.25, -0.2) is 19.0 Å². The molecule has 2 aromatic rings. The van der Waals surface area contributed by atoms with Gasteiger partial charge in [-0.15, -0.1) is 0 Å². The topological polar surface area (TPSA) is 79.5 Å². The number of rotatable bonds is 4. The number of carbonyl (C=O) groups is 2. The quantitative estimate of drug-likeness (QED) is 0.685. The number of aryl methyl sites for hydroxylation is 2. The van der Waals surface area contributed by atoms with E-state index in [1.807, 2.05) is 13.8 Å². The lowest BCUT2D eigenvalue weighted by molar-refractivity contribution is -0.127. The molecule has 0 spiro atoms. The Bertz CT molecular complexity index is 854. The monoisotopic (exact) mass is 397 g/mol. The van der Waals surface area contributed by atoms with Gasteiger partial charge in [0.1, 0.15) is 17.4 Å². The molecule has 0 aromatic heterocycles. The molecule has 3 N–H and O–H groups in total. The maximum Gasteiger partial charge on any atom is 0.338 e. The molecule has 9 heteroatoms. The number of hydrazine groups is 1. The van der Waals surface area contributed by atoms with E-state index in [-0.39, 0.29) is 5.69 Å². The Morgan fingerprint density at radius 2 is 1.70 bits per heavy atom. The summed E-state index contributed by atoms with van der Waals surface area (Å²) in [5, 5.41) is 2.76. The number of hydrogen-bond acceptors (Lipinski definition) is 3. The third-order valence-corrected chi connectivity index (χ3v) is 4.17. The molecule has 0 fully saturated rings. The molecule has 0 saturated carbocycles. The van der Waals surface area contributed by atoms with Crippen LogP contribution in [0, 0.1) is 25.5 Å². The van der Waals surface area contributed by atoms with Crippen LogP contribution in [0.15, 0.2) is 30.3 Å². The van der Waals surface area contributed by atoms with Crippen molar-refractivity contribution in [1.82, 2.24) is 10.9 Å². The van der Waals surface area contributed by atoms with Crippen LogP contribution in [0.1, 0.15) is 18.1 Å². The van der Waals surface area contributed by atoms with Crippen LogP contribution in [0.4, 0.5) is 19.3 Å². The molecule has 144 valence electrons. The predicted octanol–water partition coefficient (Wildman–Crippen LogP) is 3.86. The van der Waals surface area contributed by atoms with E-state index in [2.05, 4.69) is 16.2 Å². The van der Waals surface area contributed by atoms with E-state index in [1.54, 1.807) is 12.1 Å². The summed E-state index contributed by atoms with van der Waals surface area (Å²) in [6.45, 7) is 5.12. The van der Waals surface area contributed by atoms with Gasteiger partial charge in [0.15, 0.2) is 6.10 Å². The number of anilines is 1. The Kier molecular flexibility index (Phi) is 6.57. The summed E-state index contributed by atoms with van der Waals surface area (Å²) < 4.78 is 31.8. The molecule has 0 bridgehead atoms. The van der Waals surface area contributed by atoms with Crippen LogP contribution >= 0.6 is 11.6 Å². The fraction of sp³-hybridized carbons (Fsp3) is 0.222. The highest BCUT2D eigenvalue weighted by Crippen LogP contribution is 2.26. The van der Waals surface area contributed by atoms with Gasteiger partial charge in [0, 0.05) is 11.1 Å². The minimum atomic E-state index is -0.943. The van der Waals surface area contributed by atoms with Gasteiger partial charge in [-0.1, -0.05) is 11.6 Å². The van der Waals surface area contributed by atoms with Crippen molar-refractivity contribution in [2.24, 2.45) is 0 Å². The van der Waals surface area contributed by atoms with Crippen molar-refractivity contribution in [3.8, 4) is 5.75 Å². The average Bonchev–Trinajstić information content (AvgIpc) is 2.59. The number of ether oxygens (including phenoxy) is 1. The molecule has 2 aromatic carbocycles. The van der Waals surface area contributed by atoms with E-state index in [9.17, 15) is 18.4 Å². The Balaban J connectivity index is 1.88. The summed E-state index contributed by atoms with van der Waals surface area (Å²) in [5.41, 5.74) is 5.58. The molecule has 6 nitrogen and oxygen atoms in total. The number of amides is 3. The first-order valence-corrected chi connectivity index (χ1v) is 8.30. The van der Waals surface area contributed by atoms with Crippen molar-refractivity contribution in [3.63, 3.8) is 0 Å². The van der Waals surface area contributed by atoms with E-state index < -0.39 is 29.7 Å². The number of halogens is 3. The third kappa shape index (κ3) is 5.55. The summed E-state index contributed by atoms with van der Waals surface area (Å²) in [4.78, 5) is 23.7. The third-order valence-electron chi connectivity index (χ3n) is 3.57. The van der Waals surface area contributed by atoms with Gasteiger partial charge in [-0.2, -0.15) is 0 Å².